The van der Waals surface area contributed by atoms with E-state index in [-0.39, 0.29) is 12.5 Å². The van der Waals surface area contributed by atoms with Crippen LogP contribution in [0.4, 0.5) is 0 Å². The zero-order valence-electron chi connectivity index (χ0n) is 9.18. The highest BCUT2D eigenvalue weighted by Crippen LogP contribution is 2.04. The van der Waals surface area contributed by atoms with Crippen molar-refractivity contribution in [2.75, 3.05) is 26.2 Å². The van der Waals surface area contributed by atoms with E-state index in [2.05, 4.69) is 17.6 Å². The number of aliphatic hydroxyl groups is 1. The Morgan fingerprint density at radius 3 is 2.64 bits per heavy atom. The molecule has 1 amide bonds. The molecule has 0 aliphatic carbocycles. The topological polar surface area (TPSA) is 61.4 Å². The highest BCUT2D eigenvalue weighted by atomic mass is 16.3. The van der Waals surface area contributed by atoms with E-state index in [1.807, 2.05) is 6.92 Å². The van der Waals surface area contributed by atoms with Crippen LogP contribution in [-0.4, -0.2) is 37.3 Å². The van der Waals surface area contributed by atoms with Gasteiger partial charge < -0.3 is 15.7 Å². The molecule has 1 atom stereocenters. The van der Waals surface area contributed by atoms with Crippen LogP contribution in [0.25, 0.3) is 0 Å². The van der Waals surface area contributed by atoms with Gasteiger partial charge in [0, 0.05) is 13.2 Å². The molecule has 1 unspecified atom stereocenters. The second kappa shape index (κ2) is 8.97. The van der Waals surface area contributed by atoms with E-state index in [1.165, 1.54) is 0 Å². The quantitative estimate of drug-likeness (QED) is 0.524. The first kappa shape index (κ1) is 13.4. The molecule has 0 fully saturated rings. The van der Waals surface area contributed by atoms with E-state index in [0.717, 1.165) is 19.4 Å². The summed E-state index contributed by atoms with van der Waals surface area (Å²) in [5.74, 6) is 0.425. The van der Waals surface area contributed by atoms with Crippen molar-refractivity contribution in [3.8, 4) is 0 Å². The molecule has 0 radical (unpaired) electrons. The first-order valence-corrected chi connectivity index (χ1v) is 5.32. The Morgan fingerprint density at radius 2 is 2.14 bits per heavy atom. The van der Waals surface area contributed by atoms with Crippen LogP contribution in [0.2, 0.25) is 0 Å². The minimum atomic E-state index is 0.0308. The fourth-order valence-corrected chi connectivity index (χ4v) is 1.19. The fourth-order valence-electron chi connectivity index (χ4n) is 1.19. The average molecular weight is 202 g/mol. The normalized spacial score (nSPS) is 12.5. The van der Waals surface area contributed by atoms with Crippen molar-refractivity contribution in [3.05, 3.63) is 0 Å². The lowest BCUT2D eigenvalue weighted by Crippen LogP contribution is -2.36. The lowest BCUT2D eigenvalue weighted by molar-refractivity contribution is -0.120. The molecule has 0 aromatic heterocycles. The van der Waals surface area contributed by atoms with E-state index in [0.29, 0.717) is 19.0 Å². The van der Waals surface area contributed by atoms with Crippen LogP contribution in [0.1, 0.15) is 26.7 Å². The largest absolute Gasteiger partial charge is 0.396 e. The zero-order valence-corrected chi connectivity index (χ0v) is 9.18. The molecule has 0 bridgehead atoms. The van der Waals surface area contributed by atoms with Gasteiger partial charge in [-0.1, -0.05) is 20.3 Å². The second-order valence-corrected chi connectivity index (χ2v) is 3.37. The van der Waals surface area contributed by atoms with Crippen LogP contribution in [0.15, 0.2) is 0 Å². The van der Waals surface area contributed by atoms with E-state index < -0.39 is 0 Å². The van der Waals surface area contributed by atoms with Crippen molar-refractivity contribution >= 4 is 5.91 Å². The third-order valence-electron chi connectivity index (χ3n) is 2.24. The maximum Gasteiger partial charge on any atom is 0.233 e. The summed E-state index contributed by atoms with van der Waals surface area (Å²) < 4.78 is 0. The van der Waals surface area contributed by atoms with Gasteiger partial charge in [0.2, 0.25) is 5.91 Å². The first-order valence-electron chi connectivity index (χ1n) is 5.32. The SMILES string of the molecule is CCNCC(=O)NCC(CC)CCO. The summed E-state index contributed by atoms with van der Waals surface area (Å²) in [6, 6.07) is 0. The van der Waals surface area contributed by atoms with Gasteiger partial charge >= 0.3 is 0 Å². The Kier molecular flexibility index (Phi) is 8.57. The van der Waals surface area contributed by atoms with Gasteiger partial charge in [0.15, 0.2) is 0 Å². The van der Waals surface area contributed by atoms with Crippen molar-refractivity contribution < 1.29 is 9.90 Å². The van der Waals surface area contributed by atoms with Crippen molar-refractivity contribution in [3.63, 3.8) is 0 Å². The van der Waals surface area contributed by atoms with Gasteiger partial charge in [-0.25, -0.2) is 0 Å². The Bertz CT molecular complexity index is 151. The first-order chi connectivity index (χ1) is 6.74. The van der Waals surface area contributed by atoms with E-state index in [4.69, 9.17) is 5.11 Å². The Labute approximate surface area is 86.1 Å². The van der Waals surface area contributed by atoms with Gasteiger partial charge in [0.25, 0.3) is 0 Å². The number of aliphatic hydroxyl groups excluding tert-OH is 1. The number of carbonyl (C=O) groups is 1. The summed E-state index contributed by atoms with van der Waals surface area (Å²) in [5.41, 5.74) is 0. The highest BCUT2D eigenvalue weighted by Gasteiger charge is 2.07. The van der Waals surface area contributed by atoms with Crippen molar-refractivity contribution in [1.82, 2.24) is 10.6 Å². The molecule has 14 heavy (non-hydrogen) atoms. The average Bonchev–Trinajstić information content (AvgIpc) is 2.21. The standard InChI is InChI=1S/C10H22N2O2/c1-3-9(5-6-13)7-12-10(14)8-11-4-2/h9,11,13H,3-8H2,1-2H3,(H,12,14). The van der Waals surface area contributed by atoms with Gasteiger partial charge in [-0.3, -0.25) is 4.79 Å². The molecule has 4 nitrogen and oxygen atoms in total. The van der Waals surface area contributed by atoms with Crippen LogP contribution in [0.3, 0.4) is 0 Å². The number of nitrogens with one attached hydrogen (secondary N) is 2. The van der Waals surface area contributed by atoms with Gasteiger partial charge in [-0.05, 0) is 18.9 Å². The minimum Gasteiger partial charge on any atom is -0.396 e. The lowest BCUT2D eigenvalue weighted by Gasteiger charge is -2.14. The van der Waals surface area contributed by atoms with E-state index >= 15 is 0 Å². The fraction of sp³-hybridized carbons (Fsp3) is 0.900. The second-order valence-electron chi connectivity index (χ2n) is 3.37. The Balaban J connectivity index is 3.52. The van der Waals surface area contributed by atoms with Gasteiger partial charge in [0.05, 0.1) is 6.54 Å². The summed E-state index contributed by atoms with van der Waals surface area (Å²) in [5, 5.41) is 14.6. The monoisotopic (exact) mass is 202 g/mol. The molecular weight excluding hydrogens is 180 g/mol. The molecule has 0 aromatic carbocycles. The van der Waals surface area contributed by atoms with Gasteiger partial charge in [-0.15, -0.1) is 0 Å². The molecule has 3 N–H and O–H groups in total. The number of carbonyl (C=O) groups excluding carboxylic acids is 1. The number of likely N-dealkylation sites (N-methyl/N-ethyl adjacent to an activating group) is 1. The molecule has 0 aromatic rings. The Morgan fingerprint density at radius 1 is 1.43 bits per heavy atom. The zero-order chi connectivity index (χ0) is 10.8. The molecule has 0 rings (SSSR count). The predicted octanol–water partition coefficient (Wildman–Crippen LogP) is 0.121. The smallest absolute Gasteiger partial charge is 0.233 e. The van der Waals surface area contributed by atoms with Crippen LogP contribution >= 0.6 is 0 Å². The van der Waals surface area contributed by atoms with Crippen LogP contribution < -0.4 is 10.6 Å². The number of amides is 1. The predicted molar refractivity (Wildman–Crippen MR) is 57.0 cm³/mol. The van der Waals surface area contributed by atoms with E-state index in [9.17, 15) is 4.79 Å². The van der Waals surface area contributed by atoms with Crippen molar-refractivity contribution in [2.45, 2.75) is 26.7 Å². The van der Waals surface area contributed by atoms with E-state index in [1.54, 1.807) is 0 Å². The summed E-state index contributed by atoms with van der Waals surface area (Å²) in [4.78, 5) is 11.2. The molecular formula is C10H22N2O2. The van der Waals surface area contributed by atoms with Gasteiger partial charge in [0.1, 0.15) is 0 Å². The summed E-state index contributed by atoms with van der Waals surface area (Å²) in [7, 11) is 0. The summed E-state index contributed by atoms with van der Waals surface area (Å²) in [6.07, 6.45) is 1.75. The third kappa shape index (κ3) is 6.86. The Hall–Kier alpha value is -0.610. The molecule has 4 heteroatoms. The van der Waals surface area contributed by atoms with Crippen LogP contribution in [-0.2, 0) is 4.79 Å². The minimum absolute atomic E-state index is 0.0308. The van der Waals surface area contributed by atoms with Crippen molar-refractivity contribution in [1.29, 1.82) is 0 Å². The molecule has 0 saturated carbocycles. The van der Waals surface area contributed by atoms with Crippen LogP contribution in [0, 0.1) is 5.92 Å². The summed E-state index contributed by atoms with van der Waals surface area (Å²) >= 11 is 0. The van der Waals surface area contributed by atoms with Crippen LogP contribution in [0.5, 0.6) is 0 Å². The number of hydrogen-bond acceptors (Lipinski definition) is 3. The summed E-state index contributed by atoms with van der Waals surface area (Å²) in [6.45, 7) is 6.08. The van der Waals surface area contributed by atoms with Crippen molar-refractivity contribution in [2.24, 2.45) is 5.92 Å². The molecule has 0 spiro atoms. The molecule has 0 saturated heterocycles. The maximum absolute atomic E-state index is 11.2. The number of hydrogen-bond donors (Lipinski definition) is 3. The molecule has 84 valence electrons. The molecule has 0 heterocycles. The molecule has 0 aliphatic heterocycles. The maximum atomic E-state index is 11.2. The lowest BCUT2D eigenvalue weighted by atomic mass is 10.0. The van der Waals surface area contributed by atoms with Gasteiger partial charge in [-0.2, -0.15) is 0 Å². The third-order valence-corrected chi connectivity index (χ3v) is 2.24. The number of rotatable bonds is 8. The highest BCUT2D eigenvalue weighted by molar-refractivity contribution is 5.77. The molecule has 0 aliphatic rings.